The summed E-state index contributed by atoms with van der Waals surface area (Å²) in [5, 5.41) is 0. The summed E-state index contributed by atoms with van der Waals surface area (Å²) in [4.78, 5) is 2.08. The van der Waals surface area contributed by atoms with Crippen LogP contribution in [0.25, 0.3) is 0 Å². The molecule has 0 fully saturated rings. The predicted octanol–water partition coefficient (Wildman–Crippen LogP) is 5.25. The van der Waals surface area contributed by atoms with E-state index in [9.17, 15) is 0 Å². The minimum Gasteiger partial charge on any atom is -0.351 e. The molecule has 2 rings (SSSR count). The first kappa shape index (κ1) is 19.7. The van der Waals surface area contributed by atoms with Crippen molar-refractivity contribution in [1.29, 1.82) is 0 Å². The summed E-state index contributed by atoms with van der Waals surface area (Å²) in [6.07, 6.45) is 0.00907. The van der Waals surface area contributed by atoms with Crippen LogP contribution in [-0.2, 0) is 4.74 Å². The number of ether oxygens (including phenoxy) is 1. The highest BCUT2D eigenvalue weighted by atomic mass is 35.5. The average molecular weight is 334 g/mol. The molecule has 0 N–H and O–H groups in total. The van der Waals surface area contributed by atoms with Gasteiger partial charge in [-0.1, -0.05) is 68.4 Å². The van der Waals surface area contributed by atoms with E-state index in [1.165, 1.54) is 16.7 Å². The van der Waals surface area contributed by atoms with Crippen LogP contribution in [0.3, 0.4) is 0 Å². The Morgan fingerprint density at radius 3 is 1.70 bits per heavy atom. The minimum absolute atomic E-state index is 0. The highest BCUT2D eigenvalue weighted by Crippen LogP contribution is 2.29. The van der Waals surface area contributed by atoms with E-state index in [0.717, 1.165) is 0 Å². The van der Waals surface area contributed by atoms with Crippen LogP contribution in [0, 0.1) is 0 Å². The largest absolute Gasteiger partial charge is 0.351 e. The molecule has 0 aromatic heterocycles. The lowest BCUT2D eigenvalue weighted by atomic mass is 9.97. The molecular formula is C20H28ClNO. The Morgan fingerprint density at radius 2 is 1.22 bits per heavy atom. The highest BCUT2D eigenvalue weighted by Gasteiger charge is 2.19. The molecule has 126 valence electrons. The van der Waals surface area contributed by atoms with E-state index in [2.05, 4.69) is 74.2 Å². The SMILES string of the molecule is CC(C)c1ccc(C(OC(C)N(C)C)c2ccccc2)cc1.Cl. The zero-order valence-electron chi connectivity index (χ0n) is 14.7. The van der Waals surface area contributed by atoms with Gasteiger partial charge in [0.15, 0.2) is 0 Å². The van der Waals surface area contributed by atoms with Gasteiger partial charge in [0.2, 0.25) is 0 Å². The first-order valence-corrected chi connectivity index (χ1v) is 7.95. The first-order valence-electron chi connectivity index (χ1n) is 7.95. The van der Waals surface area contributed by atoms with Gasteiger partial charge in [0, 0.05) is 0 Å². The third-order valence-electron chi connectivity index (χ3n) is 4.07. The van der Waals surface area contributed by atoms with Crippen LogP contribution < -0.4 is 0 Å². The van der Waals surface area contributed by atoms with Crippen LogP contribution in [0.5, 0.6) is 0 Å². The van der Waals surface area contributed by atoms with Crippen molar-refractivity contribution in [3.8, 4) is 0 Å². The molecule has 0 saturated heterocycles. The molecule has 0 amide bonds. The molecule has 3 heteroatoms. The summed E-state index contributed by atoms with van der Waals surface area (Å²) in [6.45, 7) is 6.51. The minimum atomic E-state index is -0.0418. The molecule has 0 radical (unpaired) electrons. The lowest BCUT2D eigenvalue weighted by molar-refractivity contribution is -0.0565. The molecule has 0 heterocycles. The van der Waals surface area contributed by atoms with Crippen molar-refractivity contribution in [3.05, 3.63) is 71.3 Å². The second-order valence-electron chi connectivity index (χ2n) is 6.31. The van der Waals surface area contributed by atoms with Crippen molar-refractivity contribution in [2.24, 2.45) is 0 Å². The van der Waals surface area contributed by atoms with Crippen molar-refractivity contribution in [3.63, 3.8) is 0 Å². The summed E-state index contributed by atoms with van der Waals surface area (Å²) >= 11 is 0. The second-order valence-corrected chi connectivity index (χ2v) is 6.31. The van der Waals surface area contributed by atoms with Gasteiger partial charge in [-0.3, -0.25) is 4.90 Å². The number of nitrogens with zero attached hydrogens (tertiary/aromatic N) is 1. The van der Waals surface area contributed by atoms with Crippen molar-refractivity contribution in [2.75, 3.05) is 14.1 Å². The number of rotatable bonds is 6. The maximum Gasteiger partial charge on any atom is 0.110 e. The zero-order chi connectivity index (χ0) is 16.1. The smallest absolute Gasteiger partial charge is 0.110 e. The average Bonchev–Trinajstić information content (AvgIpc) is 2.53. The Hall–Kier alpha value is -1.35. The van der Waals surface area contributed by atoms with Crippen LogP contribution in [0.4, 0.5) is 0 Å². The Balaban J connectivity index is 0.00000264. The Bertz CT molecular complexity index is 566. The van der Waals surface area contributed by atoms with E-state index >= 15 is 0 Å². The van der Waals surface area contributed by atoms with Crippen molar-refractivity contribution in [1.82, 2.24) is 4.90 Å². The zero-order valence-corrected chi connectivity index (χ0v) is 15.5. The second kappa shape index (κ2) is 9.07. The summed E-state index contributed by atoms with van der Waals surface area (Å²) in [7, 11) is 4.07. The molecule has 0 aliphatic carbocycles. The fourth-order valence-corrected chi connectivity index (χ4v) is 2.35. The lowest BCUT2D eigenvalue weighted by Gasteiger charge is -2.27. The fraction of sp³-hybridized carbons (Fsp3) is 0.400. The molecule has 2 aromatic carbocycles. The van der Waals surface area contributed by atoms with E-state index < -0.39 is 0 Å². The van der Waals surface area contributed by atoms with Gasteiger partial charge in [0.05, 0.1) is 0 Å². The van der Waals surface area contributed by atoms with Crippen LogP contribution in [-0.4, -0.2) is 25.2 Å². The Labute approximate surface area is 146 Å². The summed E-state index contributed by atoms with van der Waals surface area (Å²) in [5.41, 5.74) is 3.74. The fourth-order valence-electron chi connectivity index (χ4n) is 2.35. The van der Waals surface area contributed by atoms with Gasteiger partial charge in [0.25, 0.3) is 0 Å². The number of halogens is 1. The summed E-state index contributed by atoms with van der Waals surface area (Å²) in [6, 6.07) is 19.2. The van der Waals surface area contributed by atoms with Crippen molar-refractivity contribution >= 4 is 12.4 Å². The third kappa shape index (κ3) is 5.35. The summed E-state index contributed by atoms with van der Waals surface area (Å²) < 4.78 is 6.31. The third-order valence-corrected chi connectivity index (χ3v) is 4.07. The van der Waals surface area contributed by atoms with Crippen LogP contribution in [0.1, 0.15) is 49.5 Å². The Kier molecular flexibility index (Phi) is 7.77. The van der Waals surface area contributed by atoms with Gasteiger partial charge >= 0.3 is 0 Å². The quantitative estimate of drug-likeness (QED) is 0.670. The molecule has 2 nitrogen and oxygen atoms in total. The van der Waals surface area contributed by atoms with Gasteiger partial charge in [-0.15, -0.1) is 12.4 Å². The maximum absolute atomic E-state index is 6.31. The molecule has 0 saturated carbocycles. The van der Waals surface area contributed by atoms with Gasteiger partial charge in [-0.25, -0.2) is 0 Å². The monoisotopic (exact) mass is 333 g/mol. The number of hydrogen-bond acceptors (Lipinski definition) is 2. The van der Waals surface area contributed by atoms with Crippen molar-refractivity contribution < 1.29 is 4.74 Å². The van der Waals surface area contributed by atoms with Gasteiger partial charge in [-0.2, -0.15) is 0 Å². The molecule has 0 spiro atoms. The number of benzene rings is 2. The van der Waals surface area contributed by atoms with E-state index in [4.69, 9.17) is 4.74 Å². The van der Waals surface area contributed by atoms with Crippen LogP contribution in [0.2, 0.25) is 0 Å². The standard InChI is InChI=1S/C20H27NO.ClH/c1-15(2)17-11-13-19(14-12-17)20(22-16(3)21(4)5)18-9-7-6-8-10-18;/h6-16,20H,1-5H3;1H. The maximum atomic E-state index is 6.31. The van der Waals surface area contributed by atoms with Crippen molar-refractivity contribution in [2.45, 2.75) is 39.0 Å². The molecule has 23 heavy (non-hydrogen) atoms. The van der Waals surface area contributed by atoms with E-state index in [-0.39, 0.29) is 24.7 Å². The molecular weight excluding hydrogens is 306 g/mol. The molecule has 0 bridgehead atoms. The Morgan fingerprint density at radius 1 is 0.739 bits per heavy atom. The molecule has 0 aliphatic rings. The molecule has 2 aromatic rings. The lowest BCUT2D eigenvalue weighted by Crippen LogP contribution is -2.29. The van der Waals surface area contributed by atoms with Crippen LogP contribution >= 0.6 is 12.4 Å². The van der Waals surface area contributed by atoms with E-state index in [1.807, 2.05) is 20.2 Å². The predicted molar refractivity (Wildman–Crippen MR) is 100 cm³/mol. The summed E-state index contributed by atoms with van der Waals surface area (Å²) in [5.74, 6) is 0.547. The van der Waals surface area contributed by atoms with E-state index in [1.54, 1.807) is 0 Å². The molecule has 0 aliphatic heterocycles. The topological polar surface area (TPSA) is 12.5 Å². The van der Waals surface area contributed by atoms with Gasteiger partial charge in [0.1, 0.15) is 12.3 Å². The normalized spacial score (nSPS) is 13.7. The van der Waals surface area contributed by atoms with Gasteiger partial charge in [-0.05, 0) is 43.6 Å². The highest BCUT2D eigenvalue weighted by molar-refractivity contribution is 5.85. The van der Waals surface area contributed by atoms with Gasteiger partial charge < -0.3 is 4.74 Å². The molecule has 2 atom stereocenters. The van der Waals surface area contributed by atoms with Crippen LogP contribution in [0.15, 0.2) is 54.6 Å². The molecule has 2 unspecified atom stereocenters. The first-order chi connectivity index (χ1) is 10.5. The number of hydrogen-bond donors (Lipinski definition) is 0. The van der Waals surface area contributed by atoms with E-state index in [0.29, 0.717) is 5.92 Å².